The molecule has 2 aromatic rings. The van der Waals surface area contributed by atoms with Gasteiger partial charge in [-0.15, -0.1) is 0 Å². The maximum absolute atomic E-state index is 12.7. The predicted octanol–water partition coefficient (Wildman–Crippen LogP) is 3.14. The molecule has 1 aliphatic heterocycles. The molecule has 4 atom stereocenters. The number of rotatable bonds is 8. The van der Waals surface area contributed by atoms with Crippen LogP contribution in [0.3, 0.4) is 0 Å². The number of ketones is 1. The van der Waals surface area contributed by atoms with Gasteiger partial charge in [-0.3, -0.25) is 24.1 Å². The fourth-order valence-corrected chi connectivity index (χ4v) is 5.25. The van der Waals surface area contributed by atoms with Crippen molar-refractivity contribution in [3.05, 3.63) is 77.4 Å². The van der Waals surface area contributed by atoms with Gasteiger partial charge in [0.25, 0.3) is 0 Å². The van der Waals surface area contributed by atoms with E-state index in [4.69, 9.17) is 9.47 Å². The molecule has 184 valence electrons. The highest BCUT2D eigenvalue weighted by Gasteiger charge is 2.59. The number of Topliss-reactive ketones (excluding diaryl/α,β-unsaturated/α-hetero) is 1. The molecule has 0 spiro atoms. The number of ether oxygens (including phenoxy) is 2. The quantitative estimate of drug-likeness (QED) is 0.185. The maximum Gasteiger partial charge on any atom is 0.343 e. The number of esters is 2. The summed E-state index contributed by atoms with van der Waals surface area (Å²) in [6.07, 6.45) is 4.71. The van der Waals surface area contributed by atoms with Gasteiger partial charge < -0.3 is 9.47 Å². The Morgan fingerprint density at radius 2 is 1.44 bits per heavy atom. The minimum Gasteiger partial charge on any atom is -0.457 e. The van der Waals surface area contributed by atoms with E-state index < -0.39 is 24.3 Å². The Morgan fingerprint density at radius 1 is 0.861 bits per heavy atom. The molecule has 0 radical (unpaired) electrons. The third-order valence-electron chi connectivity index (χ3n) is 7.14. The first-order chi connectivity index (χ1) is 17.3. The lowest BCUT2D eigenvalue weighted by molar-refractivity contribution is -0.145. The van der Waals surface area contributed by atoms with Crippen molar-refractivity contribution in [2.45, 2.75) is 19.8 Å². The Labute approximate surface area is 207 Å². The van der Waals surface area contributed by atoms with E-state index >= 15 is 0 Å². The molecule has 2 bridgehead atoms. The van der Waals surface area contributed by atoms with Crippen molar-refractivity contribution >= 4 is 29.5 Å². The predicted molar refractivity (Wildman–Crippen MR) is 127 cm³/mol. The van der Waals surface area contributed by atoms with E-state index in [9.17, 15) is 24.0 Å². The van der Waals surface area contributed by atoms with Crippen molar-refractivity contribution in [2.24, 2.45) is 23.7 Å². The summed E-state index contributed by atoms with van der Waals surface area (Å²) in [6.45, 7) is 1.41. The Kier molecular flexibility index (Phi) is 6.26. The lowest BCUT2D eigenvalue weighted by atomic mass is 9.85. The van der Waals surface area contributed by atoms with Gasteiger partial charge >= 0.3 is 11.9 Å². The Bertz CT molecular complexity index is 1230. The Balaban J connectivity index is 1.08. The average Bonchev–Trinajstić information content (AvgIpc) is 3.56. The van der Waals surface area contributed by atoms with Crippen LogP contribution in [0.25, 0.3) is 0 Å². The van der Waals surface area contributed by atoms with Crippen molar-refractivity contribution in [1.29, 1.82) is 0 Å². The molecule has 8 heteroatoms. The molecular weight excluding hydrogens is 462 g/mol. The third kappa shape index (κ3) is 4.46. The van der Waals surface area contributed by atoms with Crippen LogP contribution in [0.1, 0.15) is 39.1 Å². The zero-order valence-electron chi connectivity index (χ0n) is 19.7. The van der Waals surface area contributed by atoms with Crippen LogP contribution in [0, 0.1) is 30.6 Å². The van der Waals surface area contributed by atoms with E-state index in [-0.39, 0.29) is 54.2 Å². The van der Waals surface area contributed by atoms with Gasteiger partial charge in [-0.1, -0.05) is 29.8 Å². The van der Waals surface area contributed by atoms with Gasteiger partial charge in [0.05, 0.1) is 23.8 Å². The fraction of sp³-hybridized carbons (Fsp3) is 0.321. The van der Waals surface area contributed by atoms with Crippen LogP contribution in [0.4, 0.5) is 0 Å². The Hall–Kier alpha value is -4.07. The van der Waals surface area contributed by atoms with Gasteiger partial charge in [-0.05, 0) is 61.6 Å². The van der Waals surface area contributed by atoms with Crippen molar-refractivity contribution in [3.8, 4) is 5.75 Å². The minimum atomic E-state index is -0.661. The van der Waals surface area contributed by atoms with E-state index in [0.29, 0.717) is 11.1 Å². The molecule has 3 aliphatic rings. The second-order valence-corrected chi connectivity index (χ2v) is 9.44. The standard InChI is InChI=1S/C28H25NO7/c1-16-2-4-18(5-3-16)28(34)36-21-10-8-17(9-11-21)22(30)15-35-23(31)12-13-29-26(32)24-19-6-7-20(14-19)25(24)27(29)33/h2-11,19-20,24-25H,12-15H2,1H3. The van der Waals surface area contributed by atoms with E-state index in [1.165, 1.54) is 29.2 Å². The molecule has 1 saturated heterocycles. The molecule has 2 aromatic carbocycles. The highest BCUT2D eigenvalue weighted by Crippen LogP contribution is 2.52. The molecule has 5 rings (SSSR count). The van der Waals surface area contributed by atoms with E-state index in [2.05, 4.69) is 0 Å². The first-order valence-corrected chi connectivity index (χ1v) is 11.9. The number of hydrogen-bond acceptors (Lipinski definition) is 7. The highest BCUT2D eigenvalue weighted by atomic mass is 16.5. The van der Waals surface area contributed by atoms with Crippen LogP contribution < -0.4 is 4.74 Å². The zero-order valence-corrected chi connectivity index (χ0v) is 19.7. The smallest absolute Gasteiger partial charge is 0.343 e. The van der Waals surface area contributed by atoms with Gasteiger partial charge in [0, 0.05) is 12.1 Å². The van der Waals surface area contributed by atoms with Crippen LogP contribution in [0.15, 0.2) is 60.7 Å². The van der Waals surface area contributed by atoms with E-state index in [1.54, 1.807) is 12.1 Å². The van der Waals surface area contributed by atoms with Gasteiger partial charge in [0.15, 0.2) is 12.4 Å². The number of likely N-dealkylation sites (tertiary alicyclic amines) is 1. The average molecular weight is 488 g/mol. The van der Waals surface area contributed by atoms with Crippen LogP contribution >= 0.6 is 0 Å². The molecule has 36 heavy (non-hydrogen) atoms. The number of hydrogen-bond donors (Lipinski definition) is 0. The summed E-state index contributed by atoms with van der Waals surface area (Å²) < 4.78 is 10.4. The third-order valence-corrected chi connectivity index (χ3v) is 7.14. The Morgan fingerprint density at radius 3 is 2.06 bits per heavy atom. The van der Waals surface area contributed by atoms with Crippen LogP contribution in [-0.2, 0) is 19.1 Å². The van der Waals surface area contributed by atoms with Crippen molar-refractivity contribution in [1.82, 2.24) is 4.90 Å². The fourth-order valence-electron chi connectivity index (χ4n) is 5.25. The number of fused-ring (bicyclic) bond motifs is 5. The number of benzene rings is 2. The van der Waals surface area contributed by atoms with E-state index in [1.807, 2.05) is 31.2 Å². The van der Waals surface area contributed by atoms with Gasteiger partial charge in [0.1, 0.15) is 5.75 Å². The van der Waals surface area contributed by atoms with Crippen molar-refractivity contribution in [2.75, 3.05) is 13.2 Å². The van der Waals surface area contributed by atoms with Gasteiger partial charge in [-0.25, -0.2) is 4.79 Å². The molecule has 8 nitrogen and oxygen atoms in total. The number of amides is 2. The first-order valence-electron chi connectivity index (χ1n) is 11.9. The van der Waals surface area contributed by atoms with Crippen molar-refractivity contribution < 1.29 is 33.4 Å². The number of carbonyl (C=O) groups is 5. The number of carbonyl (C=O) groups excluding carboxylic acids is 5. The lowest BCUT2D eigenvalue weighted by Crippen LogP contribution is -2.35. The lowest BCUT2D eigenvalue weighted by Gasteiger charge is -2.16. The van der Waals surface area contributed by atoms with Gasteiger partial charge in [-0.2, -0.15) is 0 Å². The number of nitrogens with zero attached hydrogens (tertiary/aromatic N) is 1. The summed E-state index contributed by atoms with van der Waals surface area (Å²) in [4.78, 5) is 63.3. The monoisotopic (exact) mass is 487 g/mol. The largest absolute Gasteiger partial charge is 0.457 e. The molecule has 1 saturated carbocycles. The molecule has 2 amide bonds. The second kappa shape index (κ2) is 9.53. The molecule has 2 fully saturated rings. The zero-order chi connectivity index (χ0) is 25.4. The normalized spacial score (nSPS) is 23.6. The summed E-state index contributed by atoms with van der Waals surface area (Å²) in [7, 11) is 0. The number of aryl methyl sites for hydroxylation is 1. The van der Waals surface area contributed by atoms with Crippen LogP contribution in [0.2, 0.25) is 0 Å². The first kappa shape index (κ1) is 23.7. The molecule has 0 aromatic heterocycles. The van der Waals surface area contributed by atoms with E-state index in [0.717, 1.165) is 12.0 Å². The molecular formula is C28H25NO7. The molecule has 1 heterocycles. The summed E-state index contributed by atoms with van der Waals surface area (Å²) in [5, 5.41) is 0. The highest BCUT2D eigenvalue weighted by molar-refractivity contribution is 6.06. The topological polar surface area (TPSA) is 107 Å². The van der Waals surface area contributed by atoms with Crippen molar-refractivity contribution in [3.63, 3.8) is 0 Å². The molecule has 0 N–H and O–H groups in total. The maximum atomic E-state index is 12.7. The van der Waals surface area contributed by atoms with Gasteiger partial charge in [0.2, 0.25) is 11.8 Å². The molecule has 4 unspecified atom stereocenters. The summed E-state index contributed by atoms with van der Waals surface area (Å²) >= 11 is 0. The minimum absolute atomic E-state index is 0.0435. The summed E-state index contributed by atoms with van der Waals surface area (Å²) in [5.74, 6) is -2.12. The second-order valence-electron chi connectivity index (χ2n) is 9.44. The summed E-state index contributed by atoms with van der Waals surface area (Å²) in [6, 6.07) is 12.9. The SMILES string of the molecule is Cc1ccc(C(=O)Oc2ccc(C(=O)COC(=O)CCN3C(=O)C4C5C=CC(C5)C4C3=O)cc2)cc1. The number of allylic oxidation sites excluding steroid dienone is 2. The number of imide groups is 1. The summed E-state index contributed by atoms with van der Waals surface area (Å²) in [5.41, 5.74) is 1.73. The molecule has 2 aliphatic carbocycles. The van der Waals surface area contributed by atoms with Crippen LogP contribution in [0.5, 0.6) is 5.75 Å². The van der Waals surface area contributed by atoms with Crippen LogP contribution in [-0.4, -0.2) is 47.6 Å².